The predicted molar refractivity (Wildman–Crippen MR) is 68.1 cm³/mol. The number of hydrogen-bond acceptors (Lipinski definition) is 6. The van der Waals surface area contributed by atoms with Crippen LogP contribution in [0.2, 0.25) is 0 Å². The van der Waals surface area contributed by atoms with E-state index in [2.05, 4.69) is 5.16 Å². The Bertz CT molecular complexity index is 578. The number of hydrogen-bond donors (Lipinski definition) is 1. The van der Waals surface area contributed by atoms with E-state index in [-0.39, 0.29) is 12.0 Å². The van der Waals surface area contributed by atoms with Crippen LogP contribution < -0.4 is 15.2 Å². The summed E-state index contributed by atoms with van der Waals surface area (Å²) in [5, 5.41) is 3.91. The van der Waals surface area contributed by atoms with E-state index in [4.69, 9.17) is 24.5 Å². The molecule has 0 atom stereocenters. The van der Waals surface area contributed by atoms with Gasteiger partial charge in [0.2, 0.25) is 5.88 Å². The molecule has 3 rings (SSSR count). The Morgan fingerprint density at radius 2 is 2.21 bits per heavy atom. The fourth-order valence-electron chi connectivity index (χ4n) is 1.86. The van der Waals surface area contributed by atoms with Gasteiger partial charge in [-0.3, -0.25) is 0 Å². The van der Waals surface area contributed by atoms with Gasteiger partial charge in [0.15, 0.2) is 11.5 Å². The minimum atomic E-state index is 0.0410. The van der Waals surface area contributed by atoms with Gasteiger partial charge < -0.3 is 24.5 Å². The first kappa shape index (κ1) is 11.9. The van der Waals surface area contributed by atoms with E-state index < -0.39 is 0 Å². The van der Waals surface area contributed by atoms with Gasteiger partial charge in [0.05, 0.1) is 20.3 Å². The summed E-state index contributed by atoms with van der Waals surface area (Å²) >= 11 is 0. The third kappa shape index (κ3) is 2.22. The number of nitrogens with two attached hydrogens (primary N) is 1. The van der Waals surface area contributed by atoms with E-state index >= 15 is 0 Å². The van der Waals surface area contributed by atoms with Crippen LogP contribution in [-0.4, -0.2) is 31.6 Å². The largest absolute Gasteiger partial charge is 0.493 e. The number of aromatic nitrogens is 1. The highest BCUT2D eigenvalue weighted by molar-refractivity contribution is 5.72. The van der Waals surface area contributed by atoms with Gasteiger partial charge in [0.25, 0.3) is 0 Å². The van der Waals surface area contributed by atoms with Crippen LogP contribution in [0.15, 0.2) is 28.8 Å². The van der Waals surface area contributed by atoms with Crippen molar-refractivity contribution in [3.05, 3.63) is 24.3 Å². The van der Waals surface area contributed by atoms with Gasteiger partial charge >= 0.3 is 0 Å². The van der Waals surface area contributed by atoms with Crippen LogP contribution in [0.5, 0.6) is 11.5 Å². The molecule has 19 heavy (non-hydrogen) atoms. The fraction of sp³-hybridized carbons (Fsp3) is 0.308. The standard InChI is InChI=1S/C13H14N2O4/c1-16-11-4-2-3-9(10-5-12(14)19-15-10)13(11)18-8-6-17-7-8/h2-5,8H,6-7,14H2,1H3. The zero-order valence-corrected chi connectivity index (χ0v) is 10.5. The summed E-state index contributed by atoms with van der Waals surface area (Å²) in [6, 6.07) is 7.23. The van der Waals surface area contributed by atoms with Crippen molar-refractivity contribution in [2.24, 2.45) is 0 Å². The molecule has 0 saturated carbocycles. The topological polar surface area (TPSA) is 79.7 Å². The molecule has 1 aromatic carbocycles. The molecule has 0 aliphatic carbocycles. The smallest absolute Gasteiger partial charge is 0.222 e. The van der Waals surface area contributed by atoms with Crippen molar-refractivity contribution in [1.29, 1.82) is 0 Å². The number of anilines is 1. The zero-order valence-electron chi connectivity index (χ0n) is 10.5. The molecule has 1 aliphatic rings. The summed E-state index contributed by atoms with van der Waals surface area (Å²) in [5.41, 5.74) is 6.96. The Labute approximate surface area is 110 Å². The predicted octanol–water partition coefficient (Wildman–Crippen LogP) is 1.71. The Balaban J connectivity index is 2.01. The van der Waals surface area contributed by atoms with Crippen LogP contribution in [0, 0.1) is 0 Å². The highest BCUT2D eigenvalue weighted by atomic mass is 16.6. The summed E-state index contributed by atoms with van der Waals surface area (Å²) in [4.78, 5) is 0. The Morgan fingerprint density at radius 3 is 2.79 bits per heavy atom. The third-order valence-corrected chi connectivity index (χ3v) is 2.90. The average molecular weight is 262 g/mol. The normalized spacial score (nSPS) is 15.0. The van der Waals surface area contributed by atoms with Crippen LogP contribution in [-0.2, 0) is 4.74 Å². The highest BCUT2D eigenvalue weighted by Crippen LogP contribution is 2.39. The van der Waals surface area contributed by atoms with Crippen LogP contribution in [0.25, 0.3) is 11.3 Å². The molecule has 0 bridgehead atoms. The van der Waals surface area contributed by atoms with Gasteiger partial charge in [0.1, 0.15) is 11.8 Å². The molecule has 0 radical (unpaired) electrons. The van der Waals surface area contributed by atoms with Gasteiger partial charge in [0, 0.05) is 11.6 Å². The lowest BCUT2D eigenvalue weighted by Gasteiger charge is -2.28. The number of para-hydroxylation sites is 1. The van der Waals surface area contributed by atoms with Crippen molar-refractivity contribution in [2.45, 2.75) is 6.10 Å². The van der Waals surface area contributed by atoms with E-state index in [0.717, 1.165) is 5.56 Å². The van der Waals surface area contributed by atoms with E-state index in [1.165, 1.54) is 0 Å². The minimum Gasteiger partial charge on any atom is -0.493 e. The van der Waals surface area contributed by atoms with Gasteiger partial charge in [-0.1, -0.05) is 11.2 Å². The minimum absolute atomic E-state index is 0.0410. The van der Waals surface area contributed by atoms with Crippen LogP contribution in [0.1, 0.15) is 0 Å². The van der Waals surface area contributed by atoms with Crippen LogP contribution in [0.3, 0.4) is 0 Å². The molecule has 1 aliphatic heterocycles. The number of nitrogen functional groups attached to an aromatic ring is 1. The number of methoxy groups -OCH3 is 1. The molecule has 2 aromatic rings. The van der Waals surface area contributed by atoms with Crippen molar-refractivity contribution < 1.29 is 18.7 Å². The summed E-state index contributed by atoms with van der Waals surface area (Å²) in [7, 11) is 1.60. The second kappa shape index (κ2) is 4.81. The summed E-state index contributed by atoms with van der Waals surface area (Å²) in [6.07, 6.45) is 0.0410. The molecule has 0 spiro atoms. The van der Waals surface area contributed by atoms with E-state index in [0.29, 0.717) is 30.4 Å². The molecule has 0 unspecified atom stereocenters. The van der Waals surface area contributed by atoms with Gasteiger partial charge in [-0.25, -0.2) is 0 Å². The van der Waals surface area contributed by atoms with E-state index in [9.17, 15) is 0 Å². The summed E-state index contributed by atoms with van der Waals surface area (Å²) in [6.45, 7) is 1.16. The lowest BCUT2D eigenvalue weighted by molar-refractivity contribution is -0.0801. The Kier molecular flexibility index (Phi) is 3.00. The Morgan fingerprint density at radius 1 is 1.37 bits per heavy atom. The number of benzene rings is 1. The fourth-order valence-corrected chi connectivity index (χ4v) is 1.86. The monoisotopic (exact) mass is 262 g/mol. The van der Waals surface area contributed by atoms with Crippen molar-refractivity contribution >= 4 is 5.88 Å². The lowest BCUT2D eigenvalue weighted by atomic mass is 10.1. The number of nitrogens with zero attached hydrogens (tertiary/aromatic N) is 1. The first-order chi connectivity index (χ1) is 9.28. The molecule has 6 nitrogen and oxygen atoms in total. The molecule has 1 saturated heterocycles. The lowest BCUT2D eigenvalue weighted by Crippen LogP contribution is -2.38. The molecule has 1 aromatic heterocycles. The molecule has 100 valence electrons. The molecule has 1 fully saturated rings. The van der Waals surface area contributed by atoms with Crippen molar-refractivity contribution in [1.82, 2.24) is 5.16 Å². The second-order valence-corrected chi connectivity index (χ2v) is 4.23. The van der Waals surface area contributed by atoms with E-state index in [1.807, 2.05) is 18.2 Å². The van der Waals surface area contributed by atoms with Crippen molar-refractivity contribution in [2.75, 3.05) is 26.1 Å². The molecule has 6 heteroatoms. The van der Waals surface area contributed by atoms with Gasteiger partial charge in [-0.15, -0.1) is 0 Å². The molecule has 2 heterocycles. The van der Waals surface area contributed by atoms with Crippen LogP contribution >= 0.6 is 0 Å². The Hall–Kier alpha value is -2.21. The van der Waals surface area contributed by atoms with Crippen LogP contribution in [0.4, 0.5) is 5.88 Å². The van der Waals surface area contributed by atoms with Gasteiger partial charge in [-0.05, 0) is 12.1 Å². The summed E-state index contributed by atoms with van der Waals surface area (Å²) in [5.74, 6) is 1.54. The SMILES string of the molecule is COc1cccc(-c2cc(N)on2)c1OC1COC1. The molecular formula is C13H14N2O4. The first-order valence-electron chi connectivity index (χ1n) is 5.92. The highest BCUT2D eigenvalue weighted by Gasteiger charge is 2.24. The average Bonchev–Trinajstić information content (AvgIpc) is 2.80. The molecular weight excluding hydrogens is 248 g/mol. The quantitative estimate of drug-likeness (QED) is 0.903. The maximum Gasteiger partial charge on any atom is 0.222 e. The number of ether oxygens (including phenoxy) is 3. The maximum atomic E-state index is 5.89. The first-order valence-corrected chi connectivity index (χ1v) is 5.92. The second-order valence-electron chi connectivity index (χ2n) is 4.23. The van der Waals surface area contributed by atoms with Gasteiger partial charge in [-0.2, -0.15) is 0 Å². The maximum absolute atomic E-state index is 5.89. The summed E-state index contributed by atoms with van der Waals surface area (Å²) < 4.78 is 21.2. The van der Waals surface area contributed by atoms with E-state index in [1.54, 1.807) is 13.2 Å². The molecule has 0 amide bonds. The van der Waals surface area contributed by atoms with Crippen molar-refractivity contribution in [3.63, 3.8) is 0 Å². The third-order valence-electron chi connectivity index (χ3n) is 2.90. The molecule has 2 N–H and O–H groups in total. The zero-order chi connectivity index (χ0) is 13.2. The number of rotatable bonds is 4. The van der Waals surface area contributed by atoms with Crippen molar-refractivity contribution in [3.8, 4) is 22.8 Å².